The molecule has 0 spiro atoms. The van der Waals surface area contributed by atoms with Crippen molar-refractivity contribution < 1.29 is 18.8 Å². The lowest BCUT2D eigenvalue weighted by molar-refractivity contribution is 0.0945. The van der Waals surface area contributed by atoms with Gasteiger partial charge in [-0.25, -0.2) is 9.37 Å². The van der Waals surface area contributed by atoms with Crippen molar-refractivity contribution in [3.8, 4) is 11.3 Å². The lowest BCUT2D eigenvalue weighted by Gasteiger charge is -2.33. The van der Waals surface area contributed by atoms with Gasteiger partial charge in [0.05, 0.1) is 18.3 Å². The molecule has 2 atom stereocenters. The molecule has 2 aromatic carbocycles. The molecule has 0 radical (unpaired) electrons. The van der Waals surface area contributed by atoms with Crippen molar-refractivity contribution in [2.24, 2.45) is 0 Å². The number of nitrogens with zero attached hydrogens (tertiary/aromatic N) is 2. The maximum Gasteiger partial charge on any atom is 0.270 e. The van der Waals surface area contributed by atoms with Gasteiger partial charge >= 0.3 is 0 Å². The van der Waals surface area contributed by atoms with Crippen LogP contribution in [-0.2, 0) is 24.5 Å². The van der Waals surface area contributed by atoms with E-state index in [2.05, 4.69) is 5.32 Å². The number of carbonyl (C=O) groups is 1. The van der Waals surface area contributed by atoms with Crippen LogP contribution in [0, 0.1) is 5.82 Å². The normalized spacial score (nSPS) is 16.7. The topological polar surface area (TPSA) is 88.5 Å². The fourth-order valence-corrected chi connectivity index (χ4v) is 5.71. The SMILES string of the molecule is CC(C)(C)[S+]([O-])N1Cc2cc(C(=O)NCc3ccccc3F)nc(-c3ccccc3)c2[C@H]1CCO. The minimum Gasteiger partial charge on any atom is -0.597 e. The predicted octanol–water partition coefficient (Wildman–Crippen LogP) is 4.52. The quantitative estimate of drug-likeness (QED) is 0.471. The van der Waals surface area contributed by atoms with Gasteiger partial charge in [0.15, 0.2) is 0 Å². The number of carbonyl (C=O) groups excluding carboxylic acids is 1. The van der Waals surface area contributed by atoms with Crippen LogP contribution in [0.15, 0.2) is 60.7 Å². The Bertz CT molecular complexity index is 1200. The molecule has 1 aliphatic heterocycles. The number of aromatic nitrogens is 1. The van der Waals surface area contributed by atoms with Gasteiger partial charge < -0.3 is 15.0 Å². The number of aliphatic hydroxyl groups excluding tert-OH is 1. The Balaban J connectivity index is 1.74. The van der Waals surface area contributed by atoms with E-state index >= 15 is 0 Å². The smallest absolute Gasteiger partial charge is 0.270 e. The van der Waals surface area contributed by atoms with Crippen LogP contribution in [0.3, 0.4) is 0 Å². The zero-order valence-electron chi connectivity index (χ0n) is 20.1. The lowest BCUT2D eigenvalue weighted by atomic mass is 9.96. The van der Waals surface area contributed by atoms with Crippen molar-refractivity contribution in [3.63, 3.8) is 0 Å². The second-order valence-corrected chi connectivity index (χ2v) is 11.7. The summed E-state index contributed by atoms with van der Waals surface area (Å²) in [6.45, 7) is 6.10. The molecule has 1 aliphatic rings. The summed E-state index contributed by atoms with van der Waals surface area (Å²) in [5.74, 6) is -0.797. The van der Waals surface area contributed by atoms with Crippen LogP contribution >= 0.6 is 0 Å². The minimum absolute atomic E-state index is 0.0399. The highest BCUT2D eigenvalue weighted by molar-refractivity contribution is 7.90. The van der Waals surface area contributed by atoms with E-state index < -0.39 is 22.0 Å². The van der Waals surface area contributed by atoms with Crippen LogP contribution < -0.4 is 5.32 Å². The number of hydrogen-bond donors (Lipinski definition) is 2. The van der Waals surface area contributed by atoms with Crippen molar-refractivity contribution in [3.05, 3.63) is 88.9 Å². The van der Waals surface area contributed by atoms with Gasteiger partial charge in [0.2, 0.25) is 0 Å². The first-order chi connectivity index (χ1) is 16.7. The van der Waals surface area contributed by atoms with Crippen LogP contribution in [0.4, 0.5) is 4.39 Å². The van der Waals surface area contributed by atoms with Crippen molar-refractivity contribution >= 4 is 17.3 Å². The molecule has 2 N–H and O–H groups in total. The summed E-state index contributed by atoms with van der Waals surface area (Å²) in [7, 11) is 0. The van der Waals surface area contributed by atoms with Crippen molar-refractivity contribution in [2.45, 2.75) is 51.1 Å². The van der Waals surface area contributed by atoms with Crippen LogP contribution in [0.2, 0.25) is 0 Å². The number of fused-ring (bicyclic) bond motifs is 1. The van der Waals surface area contributed by atoms with Crippen LogP contribution in [-0.4, -0.2) is 36.2 Å². The highest BCUT2D eigenvalue weighted by Gasteiger charge is 2.44. The van der Waals surface area contributed by atoms with E-state index in [9.17, 15) is 18.8 Å². The van der Waals surface area contributed by atoms with E-state index in [1.807, 2.05) is 55.4 Å². The molecule has 0 aliphatic carbocycles. The van der Waals surface area contributed by atoms with Gasteiger partial charge in [-0.3, -0.25) is 4.79 Å². The van der Waals surface area contributed by atoms with Gasteiger partial charge in [-0.15, -0.1) is 4.31 Å². The fourth-order valence-electron chi connectivity index (χ4n) is 4.31. The number of halogens is 1. The monoisotopic (exact) mass is 495 g/mol. The van der Waals surface area contributed by atoms with Crippen LogP contribution in [0.25, 0.3) is 11.3 Å². The number of rotatable bonds is 7. The number of hydrogen-bond acceptors (Lipinski definition) is 5. The van der Waals surface area contributed by atoms with Crippen molar-refractivity contribution in [2.75, 3.05) is 6.61 Å². The van der Waals surface area contributed by atoms with E-state index in [0.29, 0.717) is 24.2 Å². The minimum atomic E-state index is -1.33. The molecular weight excluding hydrogens is 465 g/mol. The Kier molecular flexibility index (Phi) is 7.56. The molecule has 6 nitrogen and oxygen atoms in total. The van der Waals surface area contributed by atoms with E-state index in [0.717, 1.165) is 16.7 Å². The Labute approximate surface area is 208 Å². The largest absolute Gasteiger partial charge is 0.597 e. The molecule has 1 aromatic heterocycles. The number of amides is 1. The van der Waals surface area contributed by atoms with Gasteiger partial charge in [0.25, 0.3) is 5.91 Å². The maximum atomic E-state index is 14.0. The summed E-state index contributed by atoms with van der Waals surface area (Å²) < 4.78 is 28.8. The first-order valence-corrected chi connectivity index (χ1v) is 12.7. The van der Waals surface area contributed by atoms with Crippen LogP contribution in [0.1, 0.15) is 60.4 Å². The molecule has 35 heavy (non-hydrogen) atoms. The van der Waals surface area contributed by atoms with Gasteiger partial charge in [-0.05, 0) is 44.9 Å². The maximum absolute atomic E-state index is 14.0. The molecule has 0 bridgehead atoms. The number of pyridine rings is 1. The standard InChI is InChI=1S/C27H30FN3O3S/c1-27(2,3)35(34)31-17-20-15-22(26(33)29-16-19-11-7-8-12-21(19)28)30-25(18-9-5-4-6-10-18)24(20)23(31)13-14-32/h4-12,15,23,32H,13-14,16-17H2,1-3H3,(H,29,33)/t23-,35?/m1/s1. The van der Waals surface area contributed by atoms with Gasteiger partial charge in [0.1, 0.15) is 16.3 Å². The number of benzene rings is 2. The molecule has 2 heterocycles. The summed E-state index contributed by atoms with van der Waals surface area (Å²) in [5, 5.41) is 12.6. The molecule has 184 valence electrons. The Morgan fingerprint density at radius 1 is 1.20 bits per heavy atom. The Morgan fingerprint density at radius 2 is 1.89 bits per heavy atom. The summed E-state index contributed by atoms with van der Waals surface area (Å²) in [6.07, 6.45) is 0.398. The first-order valence-electron chi connectivity index (χ1n) is 11.6. The van der Waals surface area contributed by atoms with Gasteiger partial charge in [-0.2, -0.15) is 0 Å². The molecule has 0 fully saturated rings. The van der Waals surface area contributed by atoms with E-state index in [4.69, 9.17) is 4.98 Å². The molecule has 4 rings (SSSR count). The molecule has 0 saturated heterocycles. The molecule has 1 unspecified atom stereocenters. The third-order valence-electron chi connectivity index (χ3n) is 5.97. The molecule has 8 heteroatoms. The zero-order valence-corrected chi connectivity index (χ0v) is 20.9. The van der Waals surface area contributed by atoms with Gasteiger partial charge in [-0.1, -0.05) is 48.5 Å². The number of nitrogens with one attached hydrogen (secondary N) is 1. The van der Waals surface area contributed by atoms with Crippen LogP contribution in [0.5, 0.6) is 0 Å². The average molecular weight is 496 g/mol. The van der Waals surface area contributed by atoms with Gasteiger partial charge in [0, 0.05) is 41.2 Å². The van der Waals surface area contributed by atoms with E-state index in [1.54, 1.807) is 24.3 Å². The molecule has 3 aromatic rings. The lowest BCUT2D eigenvalue weighted by Crippen LogP contribution is -2.42. The van der Waals surface area contributed by atoms with E-state index in [-0.39, 0.29) is 30.7 Å². The average Bonchev–Trinajstić information content (AvgIpc) is 3.20. The highest BCUT2D eigenvalue weighted by atomic mass is 32.2. The number of aliphatic hydroxyl groups is 1. The zero-order chi connectivity index (χ0) is 25.2. The van der Waals surface area contributed by atoms with Crippen molar-refractivity contribution in [1.82, 2.24) is 14.6 Å². The second-order valence-electron chi connectivity index (χ2n) is 9.53. The summed E-state index contributed by atoms with van der Waals surface area (Å²) >= 11 is -1.33. The fraction of sp³-hybridized carbons (Fsp3) is 0.333. The second kappa shape index (κ2) is 10.5. The Morgan fingerprint density at radius 3 is 2.54 bits per heavy atom. The third-order valence-corrected chi connectivity index (χ3v) is 7.83. The summed E-state index contributed by atoms with van der Waals surface area (Å²) in [6, 6.07) is 17.3. The highest BCUT2D eigenvalue weighted by Crippen LogP contribution is 2.44. The summed E-state index contributed by atoms with van der Waals surface area (Å²) in [5.41, 5.74) is 3.80. The Hall–Kier alpha value is -2.78. The van der Waals surface area contributed by atoms with Crippen molar-refractivity contribution in [1.29, 1.82) is 0 Å². The first kappa shape index (κ1) is 25.3. The molecule has 0 saturated carbocycles. The summed E-state index contributed by atoms with van der Waals surface area (Å²) in [4.78, 5) is 17.8. The predicted molar refractivity (Wildman–Crippen MR) is 135 cm³/mol. The van der Waals surface area contributed by atoms with E-state index in [1.165, 1.54) is 6.07 Å². The third kappa shape index (κ3) is 5.41. The molecule has 1 amide bonds. The molecular formula is C27H30FN3O3S.